The van der Waals surface area contributed by atoms with Crippen LogP contribution in [0.3, 0.4) is 0 Å². The van der Waals surface area contributed by atoms with E-state index in [1.165, 1.54) is 6.07 Å². The third kappa shape index (κ3) is 8.69. The van der Waals surface area contributed by atoms with Crippen LogP contribution in [0.5, 0.6) is 0 Å². The molecule has 0 saturated carbocycles. The second kappa shape index (κ2) is 16.7. The van der Waals surface area contributed by atoms with Gasteiger partial charge in [0.05, 0.1) is 23.0 Å². The number of aromatic amines is 1. The molecule has 2 aromatic heterocycles. The second-order valence-corrected chi connectivity index (χ2v) is 14.9. The highest BCUT2D eigenvalue weighted by Gasteiger charge is 2.30. The normalized spacial score (nSPS) is 18.9. The SMILES string of the molecule is N#Cc1cccc(-c2cc(Cc3ccc(-c4nccc(N5CCNCC5CC5CCN(c6ccc(NC7CCC(=O)NC7=O)cc6F)CC5)n4)cc3)c(=O)[nH]n2)c1. The van der Waals surface area contributed by atoms with E-state index < -0.39 is 6.04 Å². The van der Waals surface area contributed by atoms with Crippen molar-refractivity contribution in [2.45, 2.75) is 50.6 Å². The monoisotopic (exact) mass is 766 g/mol. The number of nitriles is 1. The fourth-order valence-electron chi connectivity index (χ4n) is 8.07. The fraction of sp³-hybridized carbons (Fsp3) is 0.326. The first kappa shape index (κ1) is 37.5. The summed E-state index contributed by atoms with van der Waals surface area (Å²) in [5.41, 5.74) is 5.11. The van der Waals surface area contributed by atoms with Crippen molar-refractivity contribution in [3.8, 4) is 28.7 Å². The van der Waals surface area contributed by atoms with Gasteiger partial charge >= 0.3 is 0 Å². The first-order valence-corrected chi connectivity index (χ1v) is 19.4. The van der Waals surface area contributed by atoms with Gasteiger partial charge in [-0.1, -0.05) is 36.4 Å². The number of nitrogens with one attached hydrogen (secondary N) is 4. The van der Waals surface area contributed by atoms with Crippen LogP contribution in [0.15, 0.2) is 89.9 Å². The van der Waals surface area contributed by atoms with E-state index in [1.54, 1.807) is 36.4 Å². The summed E-state index contributed by atoms with van der Waals surface area (Å²) in [6.07, 6.45) is 5.75. The molecule has 4 N–H and O–H groups in total. The quantitative estimate of drug-likeness (QED) is 0.144. The number of carbonyl (C=O) groups is 2. The number of amides is 2. The van der Waals surface area contributed by atoms with E-state index in [4.69, 9.17) is 4.98 Å². The molecule has 57 heavy (non-hydrogen) atoms. The zero-order valence-electron chi connectivity index (χ0n) is 31.4. The molecule has 2 amide bonds. The summed E-state index contributed by atoms with van der Waals surface area (Å²) in [5.74, 6) is 0.995. The van der Waals surface area contributed by atoms with Gasteiger partial charge in [0, 0.05) is 80.2 Å². The predicted octanol–water partition coefficient (Wildman–Crippen LogP) is 4.80. The van der Waals surface area contributed by atoms with Gasteiger partial charge in [-0.05, 0) is 79.6 Å². The Balaban J connectivity index is 0.882. The third-order valence-corrected chi connectivity index (χ3v) is 11.1. The van der Waals surface area contributed by atoms with Crippen LogP contribution in [0.4, 0.5) is 21.6 Å². The summed E-state index contributed by atoms with van der Waals surface area (Å²) in [4.78, 5) is 50.4. The molecule has 0 spiro atoms. The molecule has 3 fully saturated rings. The van der Waals surface area contributed by atoms with E-state index in [2.05, 4.69) is 47.0 Å². The molecule has 14 heteroatoms. The minimum absolute atomic E-state index is 0.250. The first-order valence-electron chi connectivity index (χ1n) is 19.4. The molecule has 5 heterocycles. The van der Waals surface area contributed by atoms with E-state index in [-0.39, 0.29) is 35.7 Å². The smallest absolute Gasteiger partial charge is 0.267 e. The maximum Gasteiger partial charge on any atom is 0.267 e. The highest BCUT2D eigenvalue weighted by atomic mass is 19.1. The zero-order valence-corrected chi connectivity index (χ0v) is 31.4. The van der Waals surface area contributed by atoms with E-state index in [0.29, 0.717) is 52.8 Å². The van der Waals surface area contributed by atoms with E-state index in [0.717, 1.165) is 74.5 Å². The van der Waals surface area contributed by atoms with E-state index in [9.17, 15) is 19.6 Å². The Hall–Kier alpha value is -6.46. The number of hydrogen-bond acceptors (Lipinski definition) is 11. The average Bonchev–Trinajstić information content (AvgIpc) is 3.24. The Morgan fingerprint density at radius 2 is 1.77 bits per heavy atom. The maximum atomic E-state index is 15.3. The lowest BCUT2D eigenvalue weighted by atomic mass is 9.88. The van der Waals surface area contributed by atoms with Crippen LogP contribution in [0.25, 0.3) is 22.6 Å². The molecule has 2 atom stereocenters. The van der Waals surface area contributed by atoms with E-state index in [1.807, 2.05) is 42.6 Å². The molecule has 290 valence electrons. The molecule has 0 aliphatic carbocycles. The molecule has 0 radical (unpaired) electrons. The van der Waals surface area contributed by atoms with Crippen molar-refractivity contribution >= 4 is 29.0 Å². The lowest BCUT2D eigenvalue weighted by molar-refractivity contribution is -0.133. The Bertz CT molecular complexity index is 2370. The molecule has 5 aromatic rings. The van der Waals surface area contributed by atoms with E-state index >= 15 is 4.39 Å². The van der Waals surface area contributed by atoms with Crippen LogP contribution in [0.1, 0.15) is 48.8 Å². The van der Waals surface area contributed by atoms with Gasteiger partial charge in [0.2, 0.25) is 11.8 Å². The number of anilines is 3. The zero-order chi connectivity index (χ0) is 39.3. The Morgan fingerprint density at radius 3 is 2.56 bits per heavy atom. The minimum Gasteiger partial charge on any atom is -0.374 e. The van der Waals surface area contributed by atoms with Gasteiger partial charge in [-0.3, -0.25) is 19.7 Å². The van der Waals surface area contributed by atoms with Gasteiger partial charge in [-0.25, -0.2) is 19.5 Å². The number of rotatable bonds is 10. The number of benzene rings is 3. The third-order valence-electron chi connectivity index (χ3n) is 11.1. The van der Waals surface area contributed by atoms with Crippen LogP contribution in [-0.2, 0) is 16.0 Å². The van der Waals surface area contributed by atoms with Gasteiger partial charge in [0.1, 0.15) is 17.7 Å². The summed E-state index contributed by atoms with van der Waals surface area (Å²) >= 11 is 0. The number of nitrogens with zero attached hydrogens (tertiary/aromatic N) is 6. The highest BCUT2D eigenvalue weighted by molar-refractivity contribution is 6.01. The lowest BCUT2D eigenvalue weighted by Crippen LogP contribution is -2.53. The molecule has 3 aliphatic rings. The van der Waals surface area contributed by atoms with Crippen molar-refractivity contribution in [2.24, 2.45) is 5.92 Å². The van der Waals surface area contributed by atoms with Crippen LogP contribution >= 0.6 is 0 Å². The Kier molecular flexibility index (Phi) is 11.0. The number of piperidine rings is 2. The molecule has 3 aliphatic heterocycles. The summed E-state index contributed by atoms with van der Waals surface area (Å²) < 4.78 is 15.3. The summed E-state index contributed by atoms with van der Waals surface area (Å²) in [6.45, 7) is 4.04. The van der Waals surface area contributed by atoms with Crippen LogP contribution < -0.4 is 31.3 Å². The van der Waals surface area contributed by atoms with Crippen molar-refractivity contribution in [2.75, 3.05) is 47.8 Å². The number of H-pyrrole nitrogens is 1. The number of carbonyl (C=O) groups excluding carboxylic acids is 2. The van der Waals surface area contributed by atoms with Crippen LogP contribution in [-0.4, -0.2) is 76.8 Å². The summed E-state index contributed by atoms with van der Waals surface area (Å²) in [7, 11) is 0. The molecule has 13 nitrogen and oxygen atoms in total. The van der Waals surface area contributed by atoms with Crippen molar-refractivity contribution in [3.63, 3.8) is 0 Å². The van der Waals surface area contributed by atoms with Gasteiger partial charge in [0.15, 0.2) is 5.82 Å². The number of imide groups is 1. The fourth-order valence-corrected chi connectivity index (χ4v) is 8.07. The molecule has 0 bridgehead atoms. The van der Waals surface area contributed by atoms with Crippen LogP contribution in [0.2, 0.25) is 0 Å². The van der Waals surface area contributed by atoms with Gasteiger partial charge in [-0.15, -0.1) is 0 Å². The van der Waals surface area contributed by atoms with Gasteiger partial charge in [-0.2, -0.15) is 10.4 Å². The molecular formula is C43H43FN10O3. The second-order valence-electron chi connectivity index (χ2n) is 14.9. The number of halogens is 1. The average molecular weight is 767 g/mol. The standard InChI is InChI=1S/C43H43FN10O3/c44-35-24-33(48-36-9-11-40(55)50-43(36)57)8-10-38(35)53-17-13-28(14-18-53)22-34-26-46-16-19-54(34)39-12-15-47-41(49-39)30-6-4-27(5-7-30)20-32-23-37(51-52-42(32)56)31-3-1-2-29(21-31)25-45/h1-8,10,12,15,21,23-24,28,34,36,46,48H,9,11,13-14,16-20,22,26H2,(H,52,56)(H,50,55,57). The summed E-state index contributed by atoms with van der Waals surface area (Å²) in [5, 5.41) is 25.0. The molecule has 3 saturated heterocycles. The molecule has 8 rings (SSSR count). The number of piperazine rings is 1. The Labute approximate surface area is 329 Å². The van der Waals surface area contributed by atoms with Crippen molar-refractivity contribution in [1.29, 1.82) is 5.26 Å². The number of aromatic nitrogens is 4. The largest absolute Gasteiger partial charge is 0.374 e. The minimum atomic E-state index is -0.562. The predicted molar refractivity (Wildman–Crippen MR) is 215 cm³/mol. The molecular weight excluding hydrogens is 724 g/mol. The van der Waals surface area contributed by atoms with Crippen LogP contribution in [0, 0.1) is 23.1 Å². The lowest BCUT2D eigenvalue weighted by Gasteiger charge is -2.41. The number of hydrogen-bond donors (Lipinski definition) is 4. The molecule has 3 aromatic carbocycles. The van der Waals surface area contributed by atoms with Gasteiger partial charge in [0.25, 0.3) is 5.56 Å². The van der Waals surface area contributed by atoms with Gasteiger partial charge < -0.3 is 20.4 Å². The summed E-state index contributed by atoms with van der Waals surface area (Å²) in [6, 6.07) is 25.6. The highest BCUT2D eigenvalue weighted by Crippen LogP contribution is 2.32. The first-order chi connectivity index (χ1) is 27.8. The maximum absolute atomic E-state index is 15.3. The van der Waals surface area contributed by atoms with Crippen molar-refractivity contribution in [3.05, 3.63) is 118 Å². The molecule has 2 unspecified atom stereocenters. The van der Waals surface area contributed by atoms with Crippen molar-refractivity contribution < 1.29 is 14.0 Å². The topological polar surface area (TPSA) is 172 Å². The Morgan fingerprint density at radius 1 is 0.930 bits per heavy atom. The van der Waals surface area contributed by atoms with Crippen molar-refractivity contribution in [1.82, 2.24) is 30.8 Å².